The summed E-state index contributed by atoms with van der Waals surface area (Å²) in [7, 11) is 0. The van der Waals surface area contributed by atoms with Crippen molar-refractivity contribution in [2.24, 2.45) is 0 Å². The third kappa shape index (κ3) is 7.90. The molecule has 0 aliphatic rings. The molecule has 15 heteroatoms. The molecule has 0 saturated carbocycles. The van der Waals surface area contributed by atoms with E-state index >= 15 is 0 Å². The second kappa shape index (κ2) is 14.5. The van der Waals surface area contributed by atoms with Gasteiger partial charge in [0.15, 0.2) is 5.52 Å². The van der Waals surface area contributed by atoms with Crippen molar-refractivity contribution in [2.75, 3.05) is 13.2 Å². The Labute approximate surface area is 255 Å². The van der Waals surface area contributed by atoms with Crippen LogP contribution in [0.15, 0.2) is 66.7 Å². The van der Waals surface area contributed by atoms with Crippen LogP contribution in [0.25, 0.3) is 22.3 Å². The number of aromatic nitrogens is 2. The minimum atomic E-state index is -1.09. The molecule has 4 aromatic rings. The highest BCUT2D eigenvalue weighted by atomic mass is 16.6. The van der Waals surface area contributed by atoms with E-state index in [1.54, 1.807) is 44.2 Å². The number of amides is 1. The first kappa shape index (κ1) is 31.9. The Balaban J connectivity index is 1.63. The molecule has 0 spiro atoms. The summed E-state index contributed by atoms with van der Waals surface area (Å²) in [4.78, 5) is 67.5. The van der Waals surface area contributed by atoms with Gasteiger partial charge in [-0.05, 0) is 44.5 Å². The average Bonchev–Trinajstić information content (AvgIpc) is 3.02. The van der Waals surface area contributed by atoms with Crippen LogP contribution in [0.5, 0.6) is 11.6 Å². The molecule has 0 bridgehead atoms. The predicted molar refractivity (Wildman–Crippen MR) is 159 cm³/mol. The van der Waals surface area contributed by atoms with Crippen molar-refractivity contribution in [1.82, 2.24) is 15.3 Å². The summed E-state index contributed by atoms with van der Waals surface area (Å²) in [5.74, 6) is -1.72. The lowest BCUT2D eigenvalue weighted by Gasteiger charge is -2.17. The number of nitro groups is 2. The third-order valence-corrected chi connectivity index (χ3v) is 6.31. The van der Waals surface area contributed by atoms with Crippen LogP contribution >= 0.6 is 0 Å². The van der Waals surface area contributed by atoms with Crippen LogP contribution in [0.1, 0.15) is 37.0 Å². The molecule has 0 aliphatic carbocycles. The molecule has 3 aromatic carbocycles. The fourth-order valence-electron chi connectivity index (χ4n) is 4.23. The summed E-state index contributed by atoms with van der Waals surface area (Å²) in [6.07, 6.45) is -0.128. The van der Waals surface area contributed by atoms with Crippen molar-refractivity contribution in [2.45, 2.75) is 32.7 Å². The van der Waals surface area contributed by atoms with Crippen LogP contribution in [0.4, 0.5) is 11.4 Å². The lowest BCUT2D eigenvalue weighted by atomic mass is 10.1. The summed E-state index contributed by atoms with van der Waals surface area (Å²) >= 11 is 0. The zero-order chi connectivity index (χ0) is 32.5. The summed E-state index contributed by atoms with van der Waals surface area (Å²) in [6.45, 7) is 3.54. The van der Waals surface area contributed by atoms with Crippen LogP contribution in [0.3, 0.4) is 0 Å². The first-order valence-electron chi connectivity index (χ1n) is 13.7. The molecule has 0 saturated heterocycles. The maximum absolute atomic E-state index is 13.0. The Morgan fingerprint density at radius 3 is 2.20 bits per heavy atom. The fraction of sp³-hybridized carbons (Fsp3) is 0.233. The van der Waals surface area contributed by atoms with Gasteiger partial charge in [0.05, 0.1) is 29.1 Å². The van der Waals surface area contributed by atoms with Gasteiger partial charge in [0.25, 0.3) is 11.6 Å². The van der Waals surface area contributed by atoms with Crippen LogP contribution in [-0.2, 0) is 19.1 Å². The van der Waals surface area contributed by atoms with Crippen molar-refractivity contribution >= 4 is 40.3 Å². The second-order valence-electron chi connectivity index (χ2n) is 9.34. The lowest BCUT2D eigenvalue weighted by Crippen LogP contribution is -2.42. The number of rotatable bonds is 13. The molecule has 4 rings (SSSR count). The van der Waals surface area contributed by atoms with E-state index in [-0.39, 0.29) is 60.0 Å². The first-order valence-corrected chi connectivity index (χ1v) is 13.7. The summed E-state index contributed by atoms with van der Waals surface area (Å²) in [5, 5.41) is 25.7. The normalized spacial score (nSPS) is 11.3. The van der Waals surface area contributed by atoms with Gasteiger partial charge in [-0.1, -0.05) is 30.3 Å². The minimum Gasteiger partial charge on any atom is -0.466 e. The molecule has 15 nitrogen and oxygen atoms in total. The Bertz CT molecular complexity index is 1750. The van der Waals surface area contributed by atoms with E-state index in [2.05, 4.69) is 15.3 Å². The molecule has 45 heavy (non-hydrogen) atoms. The highest BCUT2D eigenvalue weighted by molar-refractivity contribution is 5.97. The number of carbonyl (C=O) groups is 3. The van der Waals surface area contributed by atoms with Crippen molar-refractivity contribution in [3.8, 4) is 22.9 Å². The van der Waals surface area contributed by atoms with Gasteiger partial charge in [-0.2, -0.15) is 0 Å². The third-order valence-electron chi connectivity index (χ3n) is 6.31. The Hall–Kier alpha value is -5.99. The van der Waals surface area contributed by atoms with E-state index < -0.39 is 45.1 Å². The van der Waals surface area contributed by atoms with Crippen molar-refractivity contribution < 1.29 is 38.4 Å². The molecule has 0 fully saturated rings. The Morgan fingerprint density at radius 2 is 1.58 bits per heavy atom. The fourth-order valence-corrected chi connectivity index (χ4v) is 4.23. The van der Waals surface area contributed by atoms with Crippen molar-refractivity contribution in [1.29, 1.82) is 0 Å². The number of hydrogen-bond acceptors (Lipinski definition) is 12. The number of nitrogens with one attached hydrogen (secondary N) is 1. The van der Waals surface area contributed by atoms with Crippen molar-refractivity contribution in [3.05, 3.63) is 92.5 Å². The number of fused-ring (bicyclic) bond motifs is 1. The van der Waals surface area contributed by atoms with Crippen LogP contribution in [-0.4, -0.2) is 56.9 Å². The van der Waals surface area contributed by atoms with Gasteiger partial charge in [0.2, 0.25) is 5.88 Å². The van der Waals surface area contributed by atoms with Gasteiger partial charge in [-0.3, -0.25) is 29.8 Å². The van der Waals surface area contributed by atoms with Crippen LogP contribution in [0, 0.1) is 20.2 Å². The van der Waals surface area contributed by atoms with Crippen molar-refractivity contribution in [3.63, 3.8) is 0 Å². The molecule has 1 amide bonds. The van der Waals surface area contributed by atoms with E-state index in [9.17, 15) is 34.6 Å². The van der Waals surface area contributed by atoms with Crippen LogP contribution in [0.2, 0.25) is 0 Å². The smallest absolute Gasteiger partial charge is 0.328 e. The quantitative estimate of drug-likeness (QED) is 0.121. The van der Waals surface area contributed by atoms with Gasteiger partial charge in [-0.25, -0.2) is 14.8 Å². The molecule has 0 aliphatic heterocycles. The van der Waals surface area contributed by atoms with E-state index in [1.807, 2.05) is 0 Å². The zero-order valence-electron chi connectivity index (χ0n) is 24.1. The van der Waals surface area contributed by atoms with Crippen LogP contribution < -0.4 is 10.1 Å². The standard InChI is InChI=1S/C30H27N5O10/c1-3-43-25(36)15-14-22(30(38)44-4-2)31-28(37)19-10-12-21(13-11-19)45-29-26(18-8-6-5-7-9-18)33-27-23(32-29)16-20(34(39)40)17-24(27)35(41)42/h5-13,16-17,22H,3-4,14-15H2,1-2H3,(H,31,37). The molecular weight excluding hydrogens is 590 g/mol. The van der Waals surface area contributed by atoms with Gasteiger partial charge in [-0.15, -0.1) is 0 Å². The summed E-state index contributed by atoms with van der Waals surface area (Å²) in [5.41, 5.74) is -0.613. The zero-order valence-corrected chi connectivity index (χ0v) is 24.1. The highest BCUT2D eigenvalue weighted by Gasteiger charge is 2.26. The number of benzene rings is 3. The topological polar surface area (TPSA) is 203 Å². The summed E-state index contributed by atoms with van der Waals surface area (Å²) < 4.78 is 15.9. The van der Waals surface area contributed by atoms with E-state index in [1.165, 1.54) is 24.3 Å². The Morgan fingerprint density at radius 1 is 0.889 bits per heavy atom. The maximum Gasteiger partial charge on any atom is 0.328 e. The first-order chi connectivity index (χ1) is 21.6. The van der Waals surface area contributed by atoms with E-state index in [0.717, 1.165) is 12.1 Å². The number of ether oxygens (including phenoxy) is 3. The maximum atomic E-state index is 13.0. The average molecular weight is 618 g/mol. The second-order valence-corrected chi connectivity index (χ2v) is 9.34. The molecule has 1 aromatic heterocycles. The monoisotopic (exact) mass is 617 g/mol. The molecular formula is C30H27N5O10. The van der Waals surface area contributed by atoms with Gasteiger partial charge < -0.3 is 19.5 Å². The molecule has 1 N–H and O–H groups in total. The predicted octanol–water partition coefficient (Wildman–Crippen LogP) is 4.91. The molecule has 1 atom stereocenters. The SMILES string of the molecule is CCOC(=O)CCC(NC(=O)c1ccc(Oc2nc3cc([N+](=O)[O-])cc([N+](=O)[O-])c3nc2-c2ccccc2)cc1)C(=O)OCC. The van der Waals surface area contributed by atoms with E-state index in [4.69, 9.17) is 14.2 Å². The molecule has 232 valence electrons. The van der Waals surface area contributed by atoms with Gasteiger partial charge >= 0.3 is 17.6 Å². The number of esters is 2. The van der Waals surface area contributed by atoms with Gasteiger partial charge in [0, 0.05) is 23.6 Å². The lowest BCUT2D eigenvalue weighted by molar-refractivity contribution is -0.393. The highest BCUT2D eigenvalue weighted by Crippen LogP contribution is 2.36. The number of non-ortho nitro benzene ring substituents is 2. The molecule has 1 unspecified atom stereocenters. The van der Waals surface area contributed by atoms with Gasteiger partial charge in [0.1, 0.15) is 23.0 Å². The number of carbonyl (C=O) groups excluding carboxylic acids is 3. The largest absolute Gasteiger partial charge is 0.466 e. The number of nitro benzene ring substituents is 2. The Kier molecular flexibility index (Phi) is 10.3. The van der Waals surface area contributed by atoms with E-state index in [0.29, 0.717) is 5.56 Å². The number of nitrogens with zero attached hydrogens (tertiary/aromatic N) is 4. The molecule has 1 heterocycles. The summed E-state index contributed by atoms with van der Waals surface area (Å²) in [6, 6.07) is 15.1. The number of hydrogen-bond donors (Lipinski definition) is 1. The molecule has 0 radical (unpaired) electrons. The minimum absolute atomic E-state index is 0.0240.